The minimum absolute atomic E-state index is 0.00589. The largest absolute Gasteiger partial charge is 0.481 e. The standard InChI is InChI=1S/C38H56N2O5/c1-2-3-4-5-6-7-8-9-10-11-12-13-14-15-16-19-26-39-37(43)32-28-44-38(40-32)36-31(33-23-24-34(36)45-33)27-30-21-18-17-20-29(30)22-25-35(41)42/h9-10,17-18,20-21,28,31,33-34,36H,2-8,11-16,19,22-27H2,1H3,(H,39,43)(H,41,42)/b10-9-/t31-,33-,34+,36-/m0/s1. The Bertz CT molecular complexity index is 1190. The van der Waals surface area contributed by atoms with Gasteiger partial charge in [-0.1, -0.05) is 101 Å². The van der Waals surface area contributed by atoms with E-state index in [-0.39, 0.29) is 36.4 Å². The van der Waals surface area contributed by atoms with Crippen LogP contribution >= 0.6 is 0 Å². The molecular weight excluding hydrogens is 564 g/mol. The van der Waals surface area contributed by atoms with Crippen molar-refractivity contribution in [1.29, 1.82) is 0 Å². The second-order valence-corrected chi connectivity index (χ2v) is 13.1. The monoisotopic (exact) mass is 620 g/mol. The lowest BCUT2D eigenvalue weighted by molar-refractivity contribution is -0.136. The second kappa shape index (κ2) is 19.6. The molecule has 7 nitrogen and oxygen atoms in total. The van der Waals surface area contributed by atoms with Crippen molar-refractivity contribution in [3.8, 4) is 0 Å². The molecular formula is C38H56N2O5. The van der Waals surface area contributed by atoms with Gasteiger partial charge in [0.15, 0.2) is 5.69 Å². The van der Waals surface area contributed by atoms with E-state index in [4.69, 9.17) is 9.15 Å². The topological polar surface area (TPSA) is 102 Å². The van der Waals surface area contributed by atoms with Crippen molar-refractivity contribution in [3.63, 3.8) is 0 Å². The van der Waals surface area contributed by atoms with E-state index in [1.54, 1.807) is 0 Å². The van der Waals surface area contributed by atoms with Gasteiger partial charge in [-0.15, -0.1) is 0 Å². The number of nitrogens with zero attached hydrogens (tertiary/aromatic N) is 1. The number of unbranched alkanes of at least 4 members (excludes halogenated alkanes) is 12. The molecule has 1 amide bonds. The Labute approximate surface area is 270 Å². The molecule has 2 N–H and O–H groups in total. The van der Waals surface area contributed by atoms with Crippen molar-refractivity contribution in [2.24, 2.45) is 5.92 Å². The molecule has 2 saturated heterocycles. The summed E-state index contributed by atoms with van der Waals surface area (Å²) in [6, 6.07) is 8.08. The van der Waals surface area contributed by atoms with Crippen LogP contribution in [0.5, 0.6) is 0 Å². The van der Waals surface area contributed by atoms with Crippen LogP contribution in [-0.2, 0) is 22.4 Å². The molecule has 248 valence electrons. The highest BCUT2D eigenvalue weighted by molar-refractivity contribution is 5.91. The van der Waals surface area contributed by atoms with Crippen LogP contribution in [0.15, 0.2) is 47.1 Å². The number of carboxylic acid groups (broad SMARTS) is 1. The van der Waals surface area contributed by atoms with E-state index in [0.29, 0.717) is 24.6 Å². The molecule has 1 aromatic carbocycles. The maximum Gasteiger partial charge on any atom is 0.303 e. The van der Waals surface area contributed by atoms with Crippen molar-refractivity contribution >= 4 is 11.9 Å². The first-order chi connectivity index (χ1) is 22.1. The quantitative estimate of drug-likeness (QED) is 0.0950. The minimum Gasteiger partial charge on any atom is -0.481 e. The normalized spacial score (nSPS) is 20.7. The molecule has 0 unspecified atom stereocenters. The minimum atomic E-state index is -0.788. The van der Waals surface area contributed by atoms with Crippen LogP contribution in [-0.4, -0.2) is 40.7 Å². The number of carbonyl (C=O) groups is 2. The van der Waals surface area contributed by atoms with Gasteiger partial charge < -0.3 is 19.6 Å². The average Bonchev–Trinajstić information content (AvgIpc) is 3.79. The highest BCUT2D eigenvalue weighted by Crippen LogP contribution is 2.50. The summed E-state index contributed by atoms with van der Waals surface area (Å²) in [7, 11) is 0. The molecule has 2 aliphatic heterocycles. The zero-order chi connectivity index (χ0) is 31.7. The van der Waals surface area contributed by atoms with Crippen LogP contribution in [0.4, 0.5) is 0 Å². The van der Waals surface area contributed by atoms with Gasteiger partial charge in [-0.3, -0.25) is 9.59 Å². The number of aliphatic carboxylic acids is 1. The first kappa shape index (κ1) is 34.9. The Morgan fingerprint density at radius 3 is 2.24 bits per heavy atom. The SMILES string of the molecule is CCCCCCCC/C=C\CCCCCCCCNC(=O)c1coc([C@H]2[C@@H](Cc3ccccc3CCC(=O)O)[C@@H]3CC[C@H]2O3)n1. The summed E-state index contributed by atoms with van der Waals surface area (Å²) in [5, 5.41) is 12.2. The molecule has 7 heteroatoms. The van der Waals surface area contributed by atoms with Gasteiger partial charge in [-0.25, -0.2) is 4.98 Å². The number of hydrogen-bond donors (Lipinski definition) is 2. The summed E-state index contributed by atoms with van der Waals surface area (Å²) >= 11 is 0. The van der Waals surface area contributed by atoms with Gasteiger partial charge in [0, 0.05) is 18.9 Å². The van der Waals surface area contributed by atoms with E-state index in [1.165, 1.54) is 83.3 Å². The Balaban J connectivity index is 1.11. The molecule has 1 aromatic heterocycles. The molecule has 0 saturated carbocycles. The summed E-state index contributed by atoms with van der Waals surface area (Å²) in [5.41, 5.74) is 2.56. The van der Waals surface area contributed by atoms with Crippen LogP contribution in [0, 0.1) is 5.92 Å². The molecule has 2 aliphatic rings. The predicted octanol–water partition coefficient (Wildman–Crippen LogP) is 8.96. The van der Waals surface area contributed by atoms with Gasteiger partial charge in [0.25, 0.3) is 5.91 Å². The number of aryl methyl sites for hydroxylation is 1. The number of nitrogens with one attached hydrogen (secondary N) is 1. The van der Waals surface area contributed by atoms with Gasteiger partial charge in [0.1, 0.15) is 6.26 Å². The van der Waals surface area contributed by atoms with Crippen LogP contribution in [0.25, 0.3) is 0 Å². The molecule has 45 heavy (non-hydrogen) atoms. The maximum absolute atomic E-state index is 12.8. The van der Waals surface area contributed by atoms with Crippen molar-refractivity contribution in [3.05, 3.63) is 65.4 Å². The fraction of sp³-hybridized carbons (Fsp3) is 0.658. The zero-order valence-corrected chi connectivity index (χ0v) is 27.5. The van der Waals surface area contributed by atoms with E-state index in [2.05, 4.69) is 35.4 Å². The molecule has 2 fully saturated rings. The van der Waals surface area contributed by atoms with E-state index in [9.17, 15) is 14.7 Å². The first-order valence-corrected chi connectivity index (χ1v) is 17.9. The van der Waals surface area contributed by atoms with Gasteiger partial charge in [-0.2, -0.15) is 0 Å². The van der Waals surface area contributed by atoms with Crippen molar-refractivity contribution in [1.82, 2.24) is 10.3 Å². The summed E-state index contributed by atoms with van der Waals surface area (Å²) in [6.45, 7) is 2.91. The van der Waals surface area contributed by atoms with Crippen LogP contribution in [0.2, 0.25) is 0 Å². The number of benzene rings is 1. The van der Waals surface area contributed by atoms with E-state index in [0.717, 1.165) is 43.2 Å². The summed E-state index contributed by atoms with van der Waals surface area (Å²) in [6.07, 6.45) is 27.5. The molecule has 2 aromatic rings. The molecule has 3 heterocycles. The number of aromatic nitrogens is 1. The fourth-order valence-corrected chi connectivity index (χ4v) is 7.08. The molecule has 0 radical (unpaired) electrons. The third kappa shape index (κ3) is 11.4. The van der Waals surface area contributed by atoms with Crippen molar-refractivity contribution < 1.29 is 23.8 Å². The molecule has 2 bridgehead atoms. The lowest BCUT2D eigenvalue weighted by Crippen LogP contribution is -2.28. The van der Waals surface area contributed by atoms with E-state index < -0.39 is 5.97 Å². The predicted molar refractivity (Wildman–Crippen MR) is 179 cm³/mol. The number of allylic oxidation sites excluding steroid dienone is 2. The molecule has 0 aliphatic carbocycles. The number of fused-ring (bicyclic) bond motifs is 2. The van der Waals surface area contributed by atoms with Crippen LogP contribution in [0.3, 0.4) is 0 Å². The number of hydrogen-bond acceptors (Lipinski definition) is 5. The average molecular weight is 621 g/mol. The van der Waals surface area contributed by atoms with Gasteiger partial charge in [-0.05, 0) is 68.9 Å². The van der Waals surface area contributed by atoms with Crippen LogP contribution in [0.1, 0.15) is 150 Å². The highest BCUT2D eigenvalue weighted by Gasteiger charge is 2.51. The Morgan fingerprint density at radius 1 is 0.889 bits per heavy atom. The molecule has 4 atom stereocenters. The Kier molecular flexibility index (Phi) is 15.2. The van der Waals surface area contributed by atoms with Crippen molar-refractivity contribution in [2.45, 2.75) is 147 Å². The maximum atomic E-state index is 12.8. The summed E-state index contributed by atoms with van der Waals surface area (Å²) in [5.74, 6) is -0.210. The number of rotatable bonds is 23. The fourth-order valence-electron chi connectivity index (χ4n) is 7.08. The van der Waals surface area contributed by atoms with Gasteiger partial charge in [0.2, 0.25) is 5.89 Å². The number of oxazole rings is 1. The van der Waals surface area contributed by atoms with Crippen LogP contribution < -0.4 is 5.32 Å². The second-order valence-electron chi connectivity index (χ2n) is 13.1. The number of carboxylic acids is 1. The lowest BCUT2D eigenvalue weighted by Gasteiger charge is -2.26. The molecule has 4 rings (SSSR count). The third-order valence-electron chi connectivity index (χ3n) is 9.62. The smallest absolute Gasteiger partial charge is 0.303 e. The Morgan fingerprint density at radius 2 is 1.53 bits per heavy atom. The Hall–Kier alpha value is -2.93. The highest BCUT2D eigenvalue weighted by atomic mass is 16.5. The van der Waals surface area contributed by atoms with Crippen molar-refractivity contribution in [2.75, 3.05) is 6.54 Å². The zero-order valence-electron chi connectivity index (χ0n) is 27.5. The molecule has 0 spiro atoms. The third-order valence-corrected chi connectivity index (χ3v) is 9.62. The number of amides is 1. The van der Waals surface area contributed by atoms with Gasteiger partial charge >= 0.3 is 5.97 Å². The number of ether oxygens (including phenoxy) is 1. The summed E-state index contributed by atoms with van der Waals surface area (Å²) < 4.78 is 12.2. The van der Waals surface area contributed by atoms with Gasteiger partial charge in [0.05, 0.1) is 18.1 Å². The first-order valence-electron chi connectivity index (χ1n) is 17.9. The van der Waals surface area contributed by atoms with E-state index in [1.807, 2.05) is 18.2 Å². The summed E-state index contributed by atoms with van der Waals surface area (Å²) in [4.78, 5) is 28.6. The lowest BCUT2D eigenvalue weighted by atomic mass is 9.75. The van der Waals surface area contributed by atoms with E-state index >= 15 is 0 Å². The number of carbonyl (C=O) groups excluding carboxylic acids is 1.